The molecule has 2 rings (SSSR count). The average molecular weight is 329 g/mol. The van der Waals surface area contributed by atoms with Gasteiger partial charge in [0.15, 0.2) is 11.9 Å². The van der Waals surface area contributed by atoms with E-state index in [4.69, 9.17) is 9.26 Å². The number of nitrogens with zero attached hydrogens (tertiary/aromatic N) is 2. The monoisotopic (exact) mass is 328 g/mol. The van der Waals surface area contributed by atoms with Crippen LogP contribution in [0.2, 0.25) is 0 Å². The topological polar surface area (TPSA) is 65.2 Å². The summed E-state index contributed by atoms with van der Waals surface area (Å²) in [4.78, 5) is 15.7. The summed E-state index contributed by atoms with van der Waals surface area (Å²) in [6.07, 6.45) is -0.739. The van der Waals surface area contributed by atoms with Crippen LogP contribution in [-0.2, 0) is 4.74 Å². The molecule has 0 amide bonds. The number of aryl methyl sites for hydroxylation is 1. The van der Waals surface area contributed by atoms with Gasteiger partial charge in [-0.25, -0.2) is 9.18 Å². The van der Waals surface area contributed by atoms with Crippen molar-refractivity contribution in [2.75, 3.05) is 0 Å². The van der Waals surface area contributed by atoms with Crippen LogP contribution in [0.3, 0.4) is 0 Å². The van der Waals surface area contributed by atoms with Crippen LogP contribution < -0.4 is 0 Å². The van der Waals surface area contributed by atoms with E-state index in [9.17, 15) is 9.18 Å². The number of aromatic nitrogens is 2. The molecule has 0 saturated carbocycles. The first-order valence-corrected chi connectivity index (χ1v) is 6.23. The summed E-state index contributed by atoms with van der Waals surface area (Å²) in [5.41, 5.74) is -0.147. The summed E-state index contributed by atoms with van der Waals surface area (Å²) in [6, 6.07) is 4.09. The first kappa shape index (κ1) is 13.7. The molecule has 1 heterocycles. The van der Waals surface area contributed by atoms with E-state index in [0.717, 1.165) is 0 Å². The van der Waals surface area contributed by atoms with Gasteiger partial charge in [0, 0.05) is 4.47 Å². The zero-order valence-electron chi connectivity index (χ0n) is 10.2. The van der Waals surface area contributed by atoms with Gasteiger partial charge in [0.2, 0.25) is 0 Å². The summed E-state index contributed by atoms with van der Waals surface area (Å²) < 4.78 is 24.1. The van der Waals surface area contributed by atoms with E-state index in [0.29, 0.717) is 10.3 Å². The van der Waals surface area contributed by atoms with Gasteiger partial charge in [0.1, 0.15) is 5.82 Å². The molecule has 100 valence electrons. The molecular formula is C12H10BrFN2O3. The van der Waals surface area contributed by atoms with Crippen molar-refractivity contribution in [3.8, 4) is 0 Å². The second kappa shape index (κ2) is 5.48. The Bertz CT molecular complexity index is 615. The fourth-order valence-corrected chi connectivity index (χ4v) is 1.74. The molecule has 0 bridgehead atoms. The molecule has 1 aromatic carbocycles. The lowest BCUT2D eigenvalue weighted by atomic mass is 10.2. The van der Waals surface area contributed by atoms with Crippen LogP contribution in [0.1, 0.15) is 35.1 Å². The van der Waals surface area contributed by atoms with Crippen LogP contribution >= 0.6 is 15.9 Å². The van der Waals surface area contributed by atoms with E-state index in [1.165, 1.54) is 12.1 Å². The van der Waals surface area contributed by atoms with E-state index in [2.05, 4.69) is 26.1 Å². The molecule has 0 aliphatic heterocycles. The molecule has 19 heavy (non-hydrogen) atoms. The summed E-state index contributed by atoms with van der Waals surface area (Å²) in [5.74, 6) is -0.835. The van der Waals surface area contributed by atoms with Crippen molar-refractivity contribution in [1.82, 2.24) is 10.1 Å². The number of carbonyl (C=O) groups is 1. The van der Waals surface area contributed by atoms with Gasteiger partial charge in [-0.05, 0) is 32.0 Å². The number of rotatable bonds is 3. The quantitative estimate of drug-likeness (QED) is 0.809. The molecule has 0 fully saturated rings. The highest BCUT2D eigenvalue weighted by molar-refractivity contribution is 9.10. The molecule has 2 aromatic rings. The molecule has 0 saturated heterocycles. The molecule has 1 aromatic heterocycles. The smallest absolute Gasteiger partial charge is 0.341 e. The highest BCUT2D eigenvalue weighted by Crippen LogP contribution is 2.20. The number of halogens is 2. The van der Waals surface area contributed by atoms with Gasteiger partial charge in [-0.1, -0.05) is 21.1 Å². The molecule has 1 atom stereocenters. The van der Waals surface area contributed by atoms with Crippen LogP contribution in [0.25, 0.3) is 0 Å². The predicted molar refractivity (Wildman–Crippen MR) is 67.0 cm³/mol. The minimum atomic E-state index is -0.784. The molecule has 0 aliphatic carbocycles. The Kier molecular flexibility index (Phi) is 3.94. The van der Waals surface area contributed by atoms with Crippen molar-refractivity contribution in [3.05, 3.63) is 45.8 Å². The summed E-state index contributed by atoms with van der Waals surface area (Å²) in [5, 5.41) is 3.59. The van der Waals surface area contributed by atoms with Crippen LogP contribution in [0.15, 0.2) is 27.2 Å². The van der Waals surface area contributed by atoms with Crippen LogP contribution in [0.5, 0.6) is 0 Å². The number of ether oxygens (including phenoxy) is 1. The standard InChI is InChI=1S/C12H10BrFN2O3/c1-6(11-15-7(2)16-19-11)18-12(17)9-4-3-8(13)5-10(9)14/h3-6H,1-2H3. The maximum Gasteiger partial charge on any atom is 0.341 e. The van der Waals surface area contributed by atoms with Gasteiger partial charge in [-0.2, -0.15) is 4.98 Å². The van der Waals surface area contributed by atoms with Gasteiger partial charge >= 0.3 is 5.97 Å². The zero-order chi connectivity index (χ0) is 14.0. The fourth-order valence-electron chi connectivity index (χ4n) is 1.41. The molecule has 1 unspecified atom stereocenters. The third-order valence-electron chi connectivity index (χ3n) is 2.33. The Morgan fingerprint density at radius 1 is 1.53 bits per heavy atom. The second-order valence-corrected chi connectivity index (χ2v) is 4.77. The third kappa shape index (κ3) is 3.17. The Morgan fingerprint density at radius 3 is 2.84 bits per heavy atom. The Labute approximate surface area is 116 Å². The van der Waals surface area contributed by atoms with Crippen molar-refractivity contribution >= 4 is 21.9 Å². The van der Waals surface area contributed by atoms with Crippen molar-refractivity contribution < 1.29 is 18.4 Å². The molecular weight excluding hydrogens is 319 g/mol. The van der Waals surface area contributed by atoms with Crippen molar-refractivity contribution in [1.29, 1.82) is 0 Å². The van der Waals surface area contributed by atoms with Crippen molar-refractivity contribution in [2.45, 2.75) is 20.0 Å². The van der Waals surface area contributed by atoms with E-state index in [-0.39, 0.29) is 11.5 Å². The van der Waals surface area contributed by atoms with Gasteiger partial charge in [-0.15, -0.1) is 0 Å². The lowest BCUT2D eigenvalue weighted by Crippen LogP contribution is -2.11. The lowest BCUT2D eigenvalue weighted by Gasteiger charge is -2.09. The van der Waals surface area contributed by atoms with E-state index < -0.39 is 17.9 Å². The normalized spacial score (nSPS) is 12.2. The minimum Gasteiger partial charge on any atom is -0.449 e. The predicted octanol–water partition coefficient (Wildman–Crippen LogP) is 3.20. The molecule has 7 heteroatoms. The van der Waals surface area contributed by atoms with Crippen LogP contribution in [0.4, 0.5) is 4.39 Å². The highest BCUT2D eigenvalue weighted by atomic mass is 79.9. The van der Waals surface area contributed by atoms with Gasteiger partial charge in [0.25, 0.3) is 5.89 Å². The Morgan fingerprint density at radius 2 is 2.26 bits per heavy atom. The number of carbonyl (C=O) groups excluding carboxylic acids is 1. The number of benzene rings is 1. The fraction of sp³-hybridized carbons (Fsp3) is 0.250. The van der Waals surface area contributed by atoms with Crippen molar-refractivity contribution in [3.63, 3.8) is 0 Å². The SMILES string of the molecule is Cc1noc(C(C)OC(=O)c2ccc(Br)cc2F)n1. The zero-order valence-corrected chi connectivity index (χ0v) is 11.8. The number of hydrogen-bond donors (Lipinski definition) is 0. The van der Waals surface area contributed by atoms with Gasteiger partial charge in [0.05, 0.1) is 5.56 Å². The summed E-state index contributed by atoms with van der Waals surface area (Å²) >= 11 is 3.11. The second-order valence-electron chi connectivity index (χ2n) is 3.85. The average Bonchev–Trinajstić information content (AvgIpc) is 2.75. The largest absolute Gasteiger partial charge is 0.449 e. The third-order valence-corrected chi connectivity index (χ3v) is 2.82. The van der Waals surface area contributed by atoms with E-state index >= 15 is 0 Å². The Balaban J connectivity index is 2.12. The molecule has 0 spiro atoms. The molecule has 0 radical (unpaired) electrons. The first-order valence-electron chi connectivity index (χ1n) is 5.43. The number of hydrogen-bond acceptors (Lipinski definition) is 5. The number of esters is 1. The summed E-state index contributed by atoms with van der Waals surface area (Å²) in [6.45, 7) is 3.22. The first-order chi connectivity index (χ1) is 8.97. The maximum absolute atomic E-state index is 13.6. The molecule has 5 nitrogen and oxygen atoms in total. The summed E-state index contributed by atoms with van der Waals surface area (Å²) in [7, 11) is 0. The van der Waals surface area contributed by atoms with Crippen LogP contribution in [0, 0.1) is 12.7 Å². The maximum atomic E-state index is 13.6. The van der Waals surface area contributed by atoms with Gasteiger partial charge in [-0.3, -0.25) is 0 Å². The van der Waals surface area contributed by atoms with E-state index in [1.807, 2.05) is 0 Å². The molecule has 0 aliphatic rings. The van der Waals surface area contributed by atoms with E-state index in [1.54, 1.807) is 19.9 Å². The molecule has 0 N–H and O–H groups in total. The lowest BCUT2D eigenvalue weighted by molar-refractivity contribution is 0.0260. The highest BCUT2D eigenvalue weighted by Gasteiger charge is 2.21. The Hall–Kier alpha value is -1.76. The van der Waals surface area contributed by atoms with Gasteiger partial charge < -0.3 is 9.26 Å². The van der Waals surface area contributed by atoms with Crippen LogP contribution in [-0.4, -0.2) is 16.1 Å². The van der Waals surface area contributed by atoms with Crippen molar-refractivity contribution in [2.24, 2.45) is 0 Å². The minimum absolute atomic E-state index is 0.147.